The first kappa shape index (κ1) is 28.1. The van der Waals surface area contributed by atoms with Crippen LogP contribution in [0.2, 0.25) is 10.0 Å². The number of anilines is 2. The van der Waals surface area contributed by atoms with Crippen LogP contribution in [0.3, 0.4) is 0 Å². The first-order valence-electron chi connectivity index (χ1n) is 14.2. The van der Waals surface area contributed by atoms with Crippen LogP contribution in [0.1, 0.15) is 60.1 Å². The molecule has 0 unspecified atom stereocenters. The maximum atomic E-state index is 6.98. The van der Waals surface area contributed by atoms with E-state index in [2.05, 4.69) is 83.8 Å². The average Bonchev–Trinajstić information content (AvgIpc) is 3.46. The summed E-state index contributed by atoms with van der Waals surface area (Å²) >= 11 is 19.5. The standard InChI is InChI=1S/C33H35Cl2N5S/c1-20-13-16-38(17-14-20)30-12-11-24(19-27(30)35)40-32(31(37-33(40)41)28-9-5-6-15-36-28)25-18-21(2)39(23(25)4)29-10-7-8-26(34)22(29)3/h5-12,15,18-20,31-32H,13-14,16-17H2,1-4H3,(H,37,41)/t31-,32+/m0/s1. The Balaban J connectivity index is 1.45. The molecular formula is C33H35Cl2N5S. The van der Waals surface area contributed by atoms with Crippen LogP contribution in [0.4, 0.5) is 11.4 Å². The monoisotopic (exact) mass is 603 g/mol. The summed E-state index contributed by atoms with van der Waals surface area (Å²) < 4.78 is 2.29. The predicted octanol–water partition coefficient (Wildman–Crippen LogP) is 8.52. The Morgan fingerprint density at radius 2 is 1.68 bits per heavy atom. The van der Waals surface area contributed by atoms with Crippen LogP contribution in [0.15, 0.2) is 66.9 Å². The van der Waals surface area contributed by atoms with Gasteiger partial charge in [-0.25, -0.2) is 0 Å². The van der Waals surface area contributed by atoms with Crippen molar-refractivity contribution in [3.05, 3.63) is 105 Å². The highest BCUT2D eigenvalue weighted by Gasteiger charge is 2.42. The van der Waals surface area contributed by atoms with Crippen LogP contribution < -0.4 is 15.1 Å². The van der Waals surface area contributed by atoms with E-state index in [9.17, 15) is 0 Å². The van der Waals surface area contributed by atoms with Gasteiger partial charge >= 0.3 is 0 Å². The number of pyridine rings is 1. The molecule has 0 saturated carbocycles. The summed E-state index contributed by atoms with van der Waals surface area (Å²) in [7, 11) is 0. The zero-order valence-corrected chi connectivity index (χ0v) is 26.2. The maximum absolute atomic E-state index is 6.98. The van der Waals surface area contributed by atoms with Gasteiger partial charge in [0.05, 0.1) is 28.5 Å². The zero-order valence-electron chi connectivity index (χ0n) is 23.9. The summed E-state index contributed by atoms with van der Waals surface area (Å²) in [5, 5.41) is 5.76. The smallest absolute Gasteiger partial charge is 0.174 e. The molecule has 0 radical (unpaired) electrons. The minimum Gasteiger partial charge on any atom is -0.370 e. The van der Waals surface area contributed by atoms with Gasteiger partial charge in [-0.05, 0) is 111 Å². The zero-order chi connectivity index (χ0) is 28.8. The summed E-state index contributed by atoms with van der Waals surface area (Å²) in [5.41, 5.74) is 8.58. The molecule has 2 saturated heterocycles. The second kappa shape index (κ2) is 11.3. The molecule has 2 fully saturated rings. The van der Waals surface area contributed by atoms with E-state index in [4.69, 9.17) is 40.4 Å². The largest absolute Gasteiger partial charge is 0.370 e. The van der Waals surface area contributed by atoms with Crippen molar-refractivity contribution in [1.82, 2.24) is 14.9 Å². The number of benzene rings is 2. The van der Waals surface area contributed by atoms with Gasteiger partial charge in [-0.1, -0.05) is 42.3 Å². The van der Waals surface area contributed by atoms with Crippen molar-refractivity contribution in [1.29, 1.82) is 0 Å². The summed E-state index contributed by atoms with van der Waals surface area (Å²) in [6.07, 6.45) is 4.21. The van der Waals surface area contributed by atoms with Crippen molar-refractivity contribution < 1.29 is 0 Å². The number of aryl methyl sites for hydroxylation is 1. The fraction of sp³-hybridized carbons (Fsp3) is 0.333. The lowest BCUT2D eigenvalue weighted by Crippen LogP contribution is -2.33. The summed E-state index contributed by atoms with van der Waals surface area (Å²) in [5.74, 6) is 0.760. The van der Waals surface area contributed by atoms with E-state index >= 15 is 0 Å². The van der Waals surface area contributed by atoms with Gasteiger partial charge in [-0.3, -0.25) is 4.98 Å². The number of aromatic nitrogens is 2. The van der Waals surface area contributed by atoms with Crippen molar-refractivity contribution in [3.8, 4) is 5.69 Å². The van der Waals surface area contributed by atoms with Gasteiger partial charge in [0.15, 0.2) is 5.11 Å². The van der Waals surface area contributed by atoms with Crippen molar-refractivity contribution in [2.75, 3.05) is 22.9 Å². The number of hydrogen-bond donors (Lipinski definition) is 1. The van der Waals surface area contributed by atoms with Crippen molar-refractivity contribution >= 4 is 51.9 Å². The molecule has 0 amide bonds. The predicted molar refractivity (Wildman–Crippen MR) is 175 cm³/mol. The number of thiocarbonyl (C=S) groups is 1. The summed E-state index contributed by atoms with van der Waals surface area (Å²) in [6.45, 7) is 10.8. The number of nitrogens with zero attached hydrogens (tertiary/aromatic N) is 4. The van der Waals surface area contributed by atoms with Crippen LogP contribution in [-0.2, 0) is 0 Å². The molecule has 0 bridgehead atoms. The van der Waals surface area contributed by atoms with Crippen LogP contribution >= 0.6 is 35.4 Å². The Hall–Kier alpha value is -3.06. The number of rotatable bonds is 5. The van der Waals surface area contributed by atoms with E-state index in [0.29, 0.717) is 5.11 Å². The molecular weight excluding hydrogens is 569 g/mol. The van der Waals surface area contributed by atoms with Gasteiger partial charge in [0.1, 0.15) is 0 Å². The van der Waals surface area contributed by atoms with E-state index in [1.807, 2.05) is 30.5 Å². The first-order chi connectivity index (χ1) is 19.7. The van der Waals surface area contributed by atoms with E-state index in [-0.39, 0.29) is 12.1 Å². The summed E-state index contributed by atoms with van der Waals surface area (Å²) in [4.78, 5) is 9.35. The third-order valence-electron chi connectivity index (χ3n) is 8.70. The second-order valence-corrected chi connectivity index (χ2v) is 12.5. The minimum atomic E-state index is -0.139. The molecule has 8 heteroatoms. The Kier molecular flexibility index (Phi) is 7.75. The molecule has 4 aromatic rings. The van der Waals surface area contributed by atoms with Crippen LogP contribution in [0, 0.1) is 26.7 Å². The lowest BCUT2D eigenvalue weighted by Gasteiger charge is -2.33. The van der Waals surface area contributed by atoms with Gasteiger partial charge in [0.2, 0.25) is 0 Å². The molecule has 2 atom stereocenters. The average molecular weight is 605 g/mol. The molecule has 41 heavy (non-hydrogen) atoms. The van der Waals surface area contributed by atoms with E-state index in [1.54, 1.807) is 0 Å². The van der Waals surface area contributed by atoms with Gasteiger partial charge in [0.25, 0.3) is 0 Å². The van der Waals surface area contributed by atoms with Crippen LogP contribution in [-0.4, -0.2) is 27.8 Å². The molecule has 2 aromatic carbocycles. The van der Waals surface area contributed by atoms with Gasteiger partial charge in [0, 0.05) is 47.1 Å². The molecule has 5 nitrogen and oxygen atoms in total. The first-order valence-corrected chi connectivity index (χ1v) is 15.4. The topological polar surface area (TPSA) is 36.3 Å². The van der Waals surface area contributed by atoms with Crippen molar-refractivity contribution in [2.45, 2.75) is 52.6 Å². The fourth-order valence-electron chi connectivity index (χ4n) is 6.40. The lowest BCUT2D eigenvalue weighted by molar-refractivity contribution is 0.438. The Labute approximate surface area is 258 Å². The van der Waals surface area contributed by atoms with Gasteiger partial charge in [-0.2, -0.15) is 0 Å². The van der Waals surface area contributed by atoms with Crippen molar-refractivity contribution in [3.63, 3.8) is 0 Å². The van der Waals surface area contributed by atoms with Crippen molar-refractivity contribution in [2.24, 2.45) is 5.92 Å². The van der Waals surface area contributed by atoms with E-state index in [1.165, 1.54) is 18.4 Å². The van der Waals surface area contributed by atoms with Gasteiger partial charge in [-0.15, -0.1) is 0 Å². The van der Waals surface area contributed by atoms with E-state index in [0.717, 1.165) is 68.8 Å². The Morgan fingerprint density at radius 1 is 0.902 bits per heavy atom. The lowest BCUT2D eigenvalue weighted by atomic mass is 9.96. The van der Waals surface area contributed by atoms with E-state index < -0.39 is 0 Å². The number of piperidine rings is 1. The number of halogens is 2. The highest BCUT2D eigenvalue weighted by atomic mass is 35.5. The third-order valence-corrected chi connectivity index (χ3v) is 9.73. The molecule has 2 aromatic heterocycles. The maximum Gasteiger partial charge on any atom is 0.174 e. The molecule has 4 heterocycles. The SMILES string of the molecule is Cc1c(Cl)cccc1-n1c(C)cc([C@@H]2[C@H](c3ccccn3)NC(=S)N2c2ccc(N3CCC(C)CC3)c(Cl)c2)c1C. The fourth-order valence-corrected chi connectivity index (χ4v) is 7.21. The Morgan fingerprint density at radius 3 is 2.39 bits per heavy atom. The van der Waals surface area contributed by atoms with Gasteiger partial charge < -0.3 is 19.7 Å². The summed E-state index contributed by atoms with van der Waals surface area (Å²) in [6, 6.07) is 20.5. The number of hydrogen-bond acceptors (Lipinski definition) is 3. The highest BCUT2D eigenvalue weighted by molar-refractivity contribution is 7.80. The number of nitrogens with one attached hydrogen (secondary N) is 1. The van der Waals surface area contributed by atoms with Crippen LogP contribution in [0.25, 0.3) is 5.69 Å². The molecule has 2 aliphatic heterocycles. The molecule has 6 rings (SSSR count). The normalized spacial score (nSPS) is 19.6. The molecule has 0 spiro atoms. The third kappa shape index (κ3) is 5.11. The highest BCUT2D eigenvalue weighted by Crippen LogP contribution is 2.45. The molecule has 2 aliphatic rings. The second-order valence-electron chi connectivity index (χ2n) is 11.3. The van der Waals surface area contributed by atoms with Crippen LogP contribution in [0.5, 0.6) is 0 Å². The molecule has 212 valence electrons. The Bertz CT molecular complexity index is 1590. The molecule has 1 N–H and O–H groups in total. The molecule has 0 aliphatic carbocycles. The quantitative estimate of drug-likeness (QED) is 0.231. The minimum absolute atomic E-state index is 0.130.